The first-order valence-electron chi connectivity index (χ1n) is 10.6. The Hall–Kier alpha value is -3.57. The lowest BCUT2D eigenvalue weighted by Crippen LogP contribution is -2.23. The molecule has 0 aliphatic carbocycles. The second kappa shape index (κ2) is 9.12. The van der Waals surface area contributed by atoms with Gasteiger partial charge in [0.05, 0.1) is 5.39 Å². The van der Waals surface area contributed by atoms with Crippen LogP contribution in [0.25, 0.3) is 22.3 Å². The van der Waals surface area contributed by atoms with Gasteiger partial charge in [-0.25, -0.2) is 0 Å². The van der Waals surface area contributed by atoms with Gasteiger partial charge >= 0.3 is 0 Å². The molecule has 0 aliphatic rings. The molecule has 33 heavy (non-hydrogen) atoms. The van der Waals surface area contributed by atoms with Gasteiger partial charge < -0.3 is 14.5 Å². The number of aryl methyl sites for hydroxylation is 4. The number of nitrogens with one attached hydrogen (secondary N) is 1. The van der Waals surface area contributed by atoms with Gasteiger partial charge in [-0.2, -0.15) is 0 Å². The molecule has 1 N–H and O–H groups in total. The van der Waals surface area contributed by atoms with Gasteiger partial charge in [0.2, 0.25) is 11.2 Å². The topological polar surface area (TPSA) is 68.5 Å². The summed E-state index contributed by atoms with van der Waals surface area (Å²) in [5.74, 6) is -0.124. The van der Waals surface area contributed by atoms with E-state index in [1.165, 1.54) is 0 Å². The van der Waals surface area contributed by atoms with Crippen LogP contribution in [0, 0.1) is 27.7 Å². The summed E-state index contributed by atoms with van der Waals surface area (Å²) in [5, 5.41) is 3.81. The minimum Gasteiger partial charge on any atom is -0.476 e. The average molecular weight is 462 g/mol. The van der Waals surface area contributed by atoms with E-state index < -0.39 is 0 Å². The fourth-order valence-corrected chi connectivity index (χ4v) is 3.68. The average Bonchev–Trinajstić information content (AvgIpc) is 2.77. The van der Waals surface area contributed by atoms with Gasteiger partial charge in [0.1, 0.15) is 5.58 Å². The van der Waals surface area contributed by atoms with Crippen molar-refractivity contribution >= 4 is 34.2 Å². The van der Waals surface area contributed by atoms with Crippen LogP contribution >= 0.6 is 11.6 Å². The predicted octanol–water partition coefficient (Wildman–Crippen LogP) is 6.36. The van der Waals surface area contributed by atoms with Gasteiger partial charge in [-0.1, -0.05) is 23.7 Å². The Morgan fingerprint density at radius 1 is 0.939 bits per heavy atom. The molecular formula is C27H24ClNO4. The van der Waals surface area contributed by atoms with E-state index in [4.69, 9.17) is 20.8 Å². The minimum absolute atomic E-state index is 0.0100. The molecular weight excluding hydrogens is 438 g/mol. The van der Waals surface area contributed by atoms with E-state index in [2.05, 4.69) is 5.32 Å². The summed E-state index contributed by atoms with van der Waals surface area (Å²) in [6.45, 7) is 7.41. The van der Waals surface area contributed by atoms with E-state index in [0.29, 0.717) is 27.2 Å². The van der Waals surface area contributed by atoms with Gasteiger partial charge in [-0.05, 0) is 92.4 Å². The first-order valence-corrected chi connectivity index (χ1v) is 10.9. The number of fused-ring (bicyclic) bond motifs is 1. The Balaban J connectivity index is 1.72. The summed E-state index contributed by atoms with van der Waals surface area (Å²) in [6, 6.07) is 16.3. The zero-order valence-corrected chi connectivity index (χ0v) is 19.7. The molecule has 4 rings (SSSR count). The molecule has 0 saturated heterocycles. The molecule has 4 aromatic rings. The summed E-state index contributed by atoms with van der Waals surface area (Å²) in [4.78, 5) is 26.0. The number of carbonyl (C=O) groups is 1. The fourth-order valence-electron chi connectivity index (χ4n) is 3.55. The molecule has 0 saturated carbocycles. The zero-order valence-electron chi connectivity index (χ0n) is 18.9. The van der Waals surface area contributed by atoms with Crippen LogP contribution in [0.1, 0.15) is 22.3 Å². The molecule has 0 spiro atoms. The highest BCUT2D eigenvalue weighted by Crippen LogP contribution is 2.32. The van der Waals surface area contributed by atoms with Crippen LogP contribution in [0.4, 0.5) is 5.69 Å². The monoisotopic (exact) mass is 461 g/mol. The molecule has 6 heteroatoms. The van der Waals surface area contributed by atoms with E-state index in [9.17, 15) is 9.59 Å². The highest BCUT2D eigenvalue weighted by Gasteiger charge is 2.20. The first kappa shape index (κ1) is 22.6. The number of benzene rings is 3. The summed E-state index contributed by atoms with van der Waals surface area (Å²) < 4.78 is 11.9. The number of rotatable bonds is 5. The molecule has 0 bridgehead atoms. The third-order valence-electron chi connectivity index (χ3n) is 5.59. The quantitative estimate of drug-likeness (QED) is 0.375. The van der Waals surface area contributed by atoms with E-state index in [1.807, 2.05) is 52.0 Å². The maximum Gasteiger partial charge on any atom is 0.262 e. The molecule has 168 valence electrons. The van der Waals surface area contributed by atoms with E-state index in [1.54, 1.807) is 30.3 Å². The van der Waals surface area contributed by atoms with Crippen molar-refractivity contribution in [2.45, 2.75) is 27.7 Å². The van der Waals surface area contributed by atoms with E-state index in [-0.39, 0.29) is 29.5 Å². The van der Waals surface area contributed by atoms with Gasteiger partial charge in [0, 0.05) is 16.3 Å². The Bertz CT molecular complexity index is 1420. The Labute approximate surface area is 197 Å². The van der Waals surface area contributed by atoms with Crippen molar-refractivity contribution in [1.29, 1.82) is 0 Å². The van der Waals surface area contributed by atoms with Crippen LogP contribution in [0.5, 0.6) is 5.75 Å². The van der Waals surface area contributed by atoms with Crippen LogP contribution in [0.2, 0.25) is 5.02 Å². The third kappa shape index (κ3) is 4.78. The highest BCUT2D eigenvalue weighted by atomic mass is 35.5. The molecule has 1 amide bonds. The van der Waals surface area contributed by atoms with Crippen LogP contribution in [0.3, 0.4) is 0 Å². The Kier molecular flexibility index (Phi) is 6.25. The van der Waals surface area contributed by atoms with Gasteiger partial charge in [-0.3, -0.25) is 9.59 Å². The maximum absolute atomic E-state index is 13.4. The number of hydrogen-bond donors (Lipinski definition) is 1. The standard InChI is InChI=1S/C27H24ClNO4/c1-15-5-6-16(2)22(11-15)29-24(30)14-32-27-25(31)21-12-17(3)18(4)13-23(21)33-26(27)19-7-9-20(28)10-8-19/h5-13H,14H2,1-4H3,(H,29,30). The fraction of sp³-hybridized carbons (Fsp3) is 0.185. The van der Waals surface area contributed by atoms with Crippen molar-refractivity contribution in [1.82, 2.24) is 0 Å². The minimum atomic E-state index is -0.370. The molecule has 0 fully saturated rings. The smallest absolute Gasteiger partial charge is 0.262 e. The molecule has 0 radical (unpaired) electrons. The predicted molar refractivity (Wildman–Crippen MR) is 132 cm³/mol. The van der Waals surface area contributed by atoms with Crippen molar-refractivity contribution in [3.05, 3.63) is 92.1 Å². The van der Waals surface area contributed by atoms with Crippen molar-refractivity contribution in [2.24, 2.45) is 0 Å². The van der Waals surface area contributed by atoms with E-state index >= 15 is 0 Å². The van der Waals surface area contributed by atoms with Gasteiger partial charge in [0.15, 0.2) is 12.4 Å². The van der Waals surface area contributed by atoms with Crippen LogP contribution in [0.15, 0.2) is 63.8 Å². The molecule has 0 unspecified atom stereocenters. The molecule has 1 aromatic heterocycles. The number of carbonyl (C=O) groups excluding carboxylic acids is 1. The SMILES string of the molecule is Cc1ccc(C)c(NC(=O)COc2c(-c3ccc(Cl)cc3)oc3cc(C)c(C)cc3c2=O)c1. The maximum atomic E-state index is 13.4. The summed E-state index contributed by atoms with van der Waals surface area (Å²) in [6.07, 6.45) is 0. The first-order chi connectivity index (χ1) is 15.7. The zero-order chi connectivity index (χ0) is 23.7. The van der Waals surface area contributed by atoms with Crippen LogP contribution in [-0.2, 0) is 4.79 Å². The van der Waals surface area contributed by atoms with Crippen molar-refractivity contribution < 1.29 is 13.9 Å². The van der Waals surface area contributed by atoms with Gasteiger partial charge in [-0.15, -0.1) is 0 Å². The van der Waals surface area contributed by atoms with Crippen LogP contribution < -0.4 is 15.5 Å². The third-order valence-corrected chi connectivity index (χ3v) is 5.84. The molecule has 0 atom stereocenters. The van der Waals surface area contributed by atoms with E-state index in [0.717, 1.165) is 22.3 Å². The number of amides is 1. The molecule has 0 aliphatic heterocycles. The lowest BCUT2D eigenvalue weighted by molar-refractivity contribution is -0.118. The van der Waals surface area contributed by atoms with Crippen molar-refractivity contribution in [3.8, 4) is 17.1 Å². The second-order valence-electron chi connectivity index (χ2n) is 8.18. The lowest BCUT2D eigenvalue weighted by atomic mass is 10.0. The largest absolute Gasteiger partial charge is 0.476 e. The van der Waals surface area contributed by atoms with Crippen LogP contribution in [-0.4, -0.2) is 12.5 Å². The van der Waals surface area contributed by atoms with Crippen molar-refractivity contribution in [3.63, 3.8) is 0 Å². The summed E-state index contributed by atoms with van der Waals surface area (Å²) in [5.41, 5.74) is 5.40. The number of ether oxygens (including phenoxy) is 1. The molecule has 3 aromatic carbocycles. The number of hydrogen-bond acceptors (Lipinski definition) is 4. The highest BCUT2D eigenvalue weighted by molar-refractivity contribution is 6.30. The molecule has 1 heterocycles. The second-order valence-corrected chi connectivity index (χ2v) is 8.62. The number of halogens is 1. The summed E-state index contributed by atoms with van der Waals surface area (Å²) >= 11 is 6.03. The summed E-state index contributed by atoms with van der Waals surface area (Å²) in [7, 11) is 0. The number of anilines is 1. The molecule has 5 nitrogen and oxygen atoms in total. The van der Waals surface area contributed by atoms with Crippen molar-refractivity contribution in [2.75, 3.05) is 11.9 Å². The normalized spacial score (nSPS) is 10.9. The Morgan fingerprint density at radius 3 is 2.36 bits per heavy atom. The Morgan fingerprint density at radius 2 is 1.64 bits per heavy atom. The van der Waals surface area contributed by atoms with Gasteiger partial charge in [0.25, 0.3) is 5.91 Å². The lowest BCUT2D eigenvalue weighted by Gasteiger charge is -2.14.